The highest BCUT2D eigenvalue weighted by molar-refractivity contribution is 7.13. The molecule has 2 rings (SSSR count). The van der Waals surface area contributed by atoms with Crippen LogP contribution in [0, 0.1) is 0 Å². The van der Waals surface area contributed by atoms with Crippen LogP contribution in [0.3, 0.4) is 0 Å². The molecule has 6 heteroatoms. The summed E-state index contributed by atoms with van der Waals surface area (Å²) in [5.74, 6) is -0.384. The highest BCUT2D eigenvalue weighted by Gasteiger charge is 2.12. The maximum atomic E-state index is 11.4. The number of thiazole rings is 1. The molecular weight excluding hydrogens is 272 g/mol. The number of halogens is 1. The summed E-state index contributed by atoms with van der Waals surface area (Å²) in [4.78, 5) is 15.7. The average Bonchev–Trinajstić information content (AvgIpc) is 2.80. The quantitative estimate of drug-likeness (QED) is 0.695. The molecular formula is C12H13ClN2O2S. The number of carbonyl (C=O) groups is 1. The second-order valence-corrected chi connectivity index (χ2v) is 4.24. The number of hydrogen-bond donors (Lipinski definition) is 1. The second-order valence-electron chi connectivity index (χ2n) is 3.38. The number of nitrogens with zero attached hydrogens (tertiary/aromatic N) is 1. The van der Waals surface area contributed by atoms with E-state index in [1.807, 2.05) is 12.1 Å². The van der Waals surface area contributed by atoms with E-state index >= 15 is 0 Å². The van der Waals surface area contributed by atoms with E-state index in [9.17, 15) is 4.79 Å². The molecule has 1 aromatic heterocycles. The second kappa shape index (κ2) is 6.37. The van der Waals surface area contributed by atoms with E-state index in [1.54, 1.807) is 24.4 Å². The first kappa shape index (κ1) is 14.5. The van der Waals surface area contributed by atoms with E-state index in [0.29, 0.717) is 18.0 Å². The fourth-order valence-electron chi connectivity index (χ4n) is 1.33. The zero-order valence-electron chi connectivity index (χ0n) is 9.75. The zero-order valence-corrected chi connectivity index (χ0v) is 11.4. The smallest absolute Gasteiger partial charge is 0.357 e. The van der Waals surface area contributed by atoms with Crippen LogP contribution in [0.25, 0.3) is 10.6 Å². The van der Waals surface area contributed by atoms with Gasteiger partial charge in [0.25, 0.3) is 0 Å². The van der Waals surface area contributed by atoms with Crippen LogP contribution in [0.5, 0.6) is 0 Å². The first-order valence-electron chi connectivity index (χ1n) is 5.19. The van der Waals surface area contributed by atoms with Crippen molar-refractivity contribution in [3.05, 3.63) is 35.3 Å². The van der Waals surface area contributed by atoms with Crippen LogP contribution in [0.1, 0.15) is 17.4 Å². The molecule has 0 amide bonds. The Morgan fingerprint density at radius 2 is 2.06 bits per heavy atom. The van der Waals surface area contributed by atoms with Gasteiger partial charge in [-0.1, -0.05) is 0 Å². The maximum absolute atomic E-state index is 11.4. The summed E-state index contributed by atoms with van der Waals surface area (Å²) in [6.07, 6.45) is 0. The zero-order chi connectivity index (χ0) is 12.3. The lowest BCUT2D eigenvalue weighted by Crippen LogP contribution is -2.04. The summed E-state index contributed by atoms with van der Waals surface area (Å²) in [7, 11) is 0. The van der Waals surface area contributed by atoms with E-state index in [2.05, 4.69) is 4.98 Å². The number of esters is 1. The van der Waals surface area contributed by atoms with Crippen molar-refractivity contribution in [2.75, 3.05) is 12.3 Å². The number of nitrogen functional groups attached to an aromatic ring is 1. The molecule has 0 aliphatic heterocycles. The van der Waals surface area contributed by atoms with Gasteiger partial charge in [-0.25, -0.2) is 9.78 Å². The Morgan fingerprint density at radius 1 is 1.39 bits per heavy atom. The van der Waals surface area contributed by atoms with Gasteiger partial charge in [0.2, 0.25) is 0 Å². The molecule has 0 fully saturated rings. The Kier molecular flexibility index (Phi) is 5.12. The van der Waals surface area contributed by atoms with E-state index < -0.39 is 0 Å². The average molecular weight is 285 g/mol. The predicted octanol–water partition coefficient (Wildman–Crippen LogP) is 2.99. The number of benzene rings is 1. The molecule has 0 bridgehead atoms. The van der Waals surface area contributed by atoms with Crippen molar-refractivity contribution in [3.63, 3.8) is 0 Å². The molecule has 96 valence electrons. The summed E-state index contributed by atoms with van der Waals surface area (Å²) in [6, 6.07) is 7.37. The van der Waals surface area contributed by atoms with Crippen LogP contribution >= 0.6 is 23.7 Å². The number of ether oxygens (including phenoxy) is 1. The molecule has 0 saturated carbocycles. The topological polar surface area (TPSA) is 65.2 Å². The van der Waals surface area contributed by atoms with Crippen molar-refractivity contribution in [1.29, 1.82) is 0 Å². The lowest BCUT2D eigenvalue weighted by molar-refractivity contribution is 0.0520. The summed E-state index contributed by atoms with van der Waals surface area (Å²) in [5.41, 5.74) is 7.61. The summed E-state index contributed by atoms with van der Waals surface area (Å²) in [5, 5.41) is 2.48. The van der Waals surface area contributed by atoms with Crippen LogP contribution in [-0.4, -0.2) is 17.6 Å². The Bertz CT molecular complexity index is 525. The number of hydrogen-bond acceptors (Lipinski definition) is 5. The predicted molar refractivity (Wildman–Crippen MR) is 75.2 cm³/mol. The fraction of sp³-hybridized carbons (Fsp3) is 0.167. The van der Waals surface area contributed by atoms with Crippen molar-refractivity contribution >= 4 is 35.4 Å². The number of carbonyl (C=O) groups excluding carboxylic acids is 1. The standard InChI is InChI=1S/C12H12N2O2S.ClH/c1-2-16-12(15)10-7-17-11(14-10)8-3-5-9(13)6-4-8;/h3-7H,2,13H2,1H3;1H. The van der Waals surface area contributed by atoms with E-state index in [1.165, 1.54) is 11.3 Å². The summed E-state index contributed by atoms with van der Waals surface area (Å²) in [6.45, 7) is 2.12. The number of anilines is 1. The Hall–Kier alpha value is -1.59. The van der Waals surface area contributed by atoms with Gasteiger partial charge in [0, 0.05) is 16.6 Å². The number of aromatic nitrogens is 1. The first-order valence-corrected chi connectivity index (χ1v) is 6.07. The van der Waals surface area contributed by atoms with Crippen LogP contribution in [0.15, 0.2) is 29.6 Å². The lowest BCUT2D eigenvalue weighted by Gasteiger charge is -1.97. The van der Waals surface area contributed by atoms with Gasteiger partial charge in [-0.05, 0) is 31.2 Å². The van der Waals surface area contributed by atoms with E-state index in [0.717, 1.165) is 10.6 Å². The van der Waals surface area contributed by atoms with Gasteiger partial charge < -0.3 is 10.5 Å². The van der Waals surface area contributed by atoms with Gasteiger partial charge >= 0.3 is 5.97 Å². The molecule has 2 N–H and O–H groups in total. The molecule has 1 aromatic carbocycles. The minimum atomic E-state index is -0.384. The molecule has 18 heavy (non-hydrogen) atoms. The Labute approximate surface area is 115 Å². The SMILES string of the molecule is CCOC(=O)c1csc(-c2ccc(N)cc2)n1.Cl. The first-order chi connectivity index (χ1) is 8.20. The van der Waals surface area contributed by atoms with Gasteiger partial charge in [-0.3, -0.25) is 0 Å². The van der Waals surface area contributed by atoms with Gasteiger partial charge in [0.15, 0.2) is 5.69 Å². The largest absolute Gasteiger partial charge is 0.461 e. The van der Waals surface area contributed by atoms with Crippen molar-refractivity contribution in [1.82, 2.24) is 4.98 Å². The molecule has 2 aromatic rings. The van der Waals surface area contributed by atoms with Crippen molar-refractivity contribution in [2.45, 2.75) is 6.92 Å². The molecule has 0 radical (unpaired) electrons. The highest BCUT2D eigenvalue weighted by atomic mass is 35.5. The molecule has 4 nitrogen and oxygen atoms in total. The monoisotopic (exact) mass is 284 g/mol. The molecule has 0 atom stereocenters. The van der Waals surface area contributed by atoms with Gasteiger partial charge in [-0.2, -0.15) is 0 Å². The summed E-state index contributed by atoms with van der Waals surface area (Å²) < 4.78 is 4.88. The Balaban J connectivity index is 0.00000162. The van der Waals surface area contributed by atoms with E-state index in [-0.39, 0.29) is 18.4 Å². The third-order valence-corrected chi connectivity index (χ3v) is 3.04. The van der Waals surface area contributed by atoms with Gasteiger partial charge in [0.05, 0.1) is 6.61 Å². The molecule has 0 spiro atoms. The molecule has 0 unspecified atom stereocenters. The molecule has 1 heterocycles. The third-order valence-electron chi connectivity index (χ3n) is 2.15. The minimum absolute atomic E-state index is 0. The van der Waals surface area contributed by atoms with E-state index in [4.69, 9.17) is 10.5 Å². The highest BCUT2D eigenvalue weighted by Crippen LogP contribution is 2.24. The normalized spacial score (nSPS) is 9.61. The van der Waals surface area contributed by atoms with Crippen LogP contribution in [-0.2, 0) is 4.74 Å². The summed E-state index contributed by atoms with van der Waals surface area (Å²) >= 11 is 1.41. The number of rotatable bonds is 3. The van der Waals surface area contributed by atoms with Crippen molar-refractivity contribution in [2.24, 2.45) is 0 Å². The van der Waals surface area contributed by atoms with Crippen LogP contribution in [0.2, 0.25) is 0 Å². The maximum Gasteiger partial charge on any atom is 0.357 e. The molecule has 0 saturated heterocycles. The van der Waals surface area contributed by atoms with Crippen LogP contribution < -0.4 is 5.73 Å². The minimum Gasteiger partial charge on any atom is -0.461 e. The molecule has 0 aliphatic rings. The Morgan fingerprint density at radius 3 is 2.67 bits per heavy atom. The van der Waals surface area contributed by atoms with Gasteiger partial charge in [0.1, 0.15) is 5.01 Å². The van der Waals surface area contributed by atoms with Crippen molar-refractivity contribution in [3.8, 4) is 10.6 Å². The molecule has 0 aliphatic carbocycles. The van der Waals surface area contributed by atoms with Crippen molar-refractivity contribution < 1.29 is 9.53 Å². The van der Waals surface area contributed by atoms with Gasteiger partial charge in [-0.15, -0.1) is 23.7 Å². The fourth-order valence-corrected chi connectivity index (χ4v) is 2.13. The number of nitrogens with two attached hydrogens (primary N) is 1. The van der Waals surface area contributed by atoms with Crippen LogP contribution in [0.4, 0.5) is 5.69 Å². The third kappa shape index (κ3) is 3.21. The lowest BCUT2D eigenvalue weighted by atomic mass is 10.2.